The van der Waals surface area contributed by atoms with Gasteiger partial charge in [0.2, 0.25) is 5.95 Å². The Morgan fingerprint density at radius 1 is 1.21 bits per heavy atom. The normalized spacial score (nSPS) is 15.2. The van der Waals surface area contributed by atoms with Gasteiger partial charge in [-0.05, 0) is 17.7 Å². The Bertz CT molecular complexity index is 734. The lowest BCUT2D eigenvalue weighted by Gasteiger charge is -2.27. The van der Waals surface area contributed by atoms with E-state index in [2.05, 4.69) is 15.2 Å². The quantitative estimate of drug-likeness (QED) is 0.873. The number of para-hydroxylation sites is 1. The van der Waals surface area contributed by atoms with Crippen LogP contribution in [0.4, 0.5) is 14.5 Å². The maximum Gasteiger partial charge on any atom is 0.258 e. The average Bonchev–Trinajstić information content (AvgIpc) is 2.60. The molecule has 0 bridgehead atoms. The summed E-state index contributed by atoms with van der Waals surface area (Å²) in [6.07, 6.45) is 1.06. The number of nitrogens with zero attached hydrogens (tertiary/aromatic N) is 2. The summed E-state index contributed by atoms with van der Waals surface area (Å²) >= 11 is 0. The number of pyridine rings is 1. The molecule has 0 spiro atoms. The van der Waals surface area contributed by atoms with Crippen molar-refractivity contribution in [2.75, 3.05) is 31.6 Å². The number of carbonyl (C=O) groups excluding carboxylic acids is 1. The Balaban J connectivity index is 1.77. The fourth-order valence-electron chi connectivity index (χ4n) is 2.56. The lowest BCUT2D eigenvalue weighted by Crippen LogP contribution is -2.35. The Hall–Kier alpha value is -2.38. The first-order valence-electron chi connectivity index (χ1n) is 7.64. The standard InChI is InChI=1S/C17H17F2N3O2/c18-15-13(5-6-20-16(15)19)17(23)21-14-4-2-1-3-12(14)11-22-7-9-24-10-8-22/h1-6H,7-11H2,(H,21,23). The van der Waals surface area contributed by atoms with Crippen molar-refractivity contribution in [3.8, 4) is 0 Å². The molecule has 1 amide bonds. The summed E-state index contributed by atoms with van der Waals surface area (Å²) in [5.41, 5.74) is 1.11. The molecule has 2 aromatic rings. The van der Waals surface area contributed by atoms with Crippen LogP contribution in [-0.4, -0.2) is 42.1 Å². The largest absolute Gasteiger partial charge is 0.379 e. The number of hydrogen-bond acceptors (Lipinski definition) is 4. The van der Waals surface area contributed by atoms with Crippen molar-refractivity contribution >= 4 is 11.6 Å². The number of nitrogens with one attached hydrogen (secondary N) is 1. The van der Waals surface area contributed by atoms with Crippen molar-refractivity contribution in [1.29, 1.82) is 0 Å². The summed E-state index contributed by atoms with van der Waals surface area (Å²) in [6, 6.07) is 8.44. The van der Waals surface area contributed by atoms with E-state index in [9.17, 15) is 13.6 Å². The summed E-state index contributed by atoms with van der Waals surface area (Å²) in [4.78, 5) is 17.6. The molecule has 5 nitrogen and oxygen atoms in total. The monoisotopic (exact) mass is 333 g/mol. The highest BCUT2D eigenvalue weighted by Gasteiger charge is 2.18. The number of anilines is 1. The highest BCUT2D eigenvalue weighted by atomic mass is 19.2. The molecule has 0 unspecified atom stereocenters. The van der Waals surface area contributed by atoms with Crippen LogP contribution >= 0.6 is 0 Å². The van der Waals surface area contributed by atoms with Crippen molar-refractivity contribution in [3.63, 3.8) is 0 Å². The van der Waals surface area contributed by atoms with Gasteiger partial charge in [0.1, 0.15) is 0 Å². The van der Waals surface area contributed by atoms with E-state index < -0.39 is 17.7 Å². The zero-order chi connectivity index (χ0) is 16.9. The Labute approximate surface area is 138 Å². The van der Waals surface area contributed by atoms with E-state index in [4.69, 9.17) is 4.74 Å². The van der Waals surface area contributed by atoms with Gasteiger partial charge in [0.15, 0.2) is 5.82 Å². The van der Waals surface area contributed by atoms with E-state index in [0.29, 0.717) is 25.4 Å². The second-order valence-electron chi connectivity index (χ2n) is 5.46. The molecule has 1 aromatic carbocycles. The number of rotatable bonds is 4. The molecule has 0 atom stereocenters. The molecule has 1 saturated heterocycles. The number of hydrogen-bond donors (Lipinski definition) is 1. The van der Waals surface area contributed by atoms with Gasteiger partial charge >= 0.3 is 0 Å². The highest BCUT2D eigenvalue weighted by molar-refractivity contribution is 6.04. The summed E-state index contributed by atoms with van der Waals surface area (Å²) in [5, 5.41) is 2.65. The van der Waals surface area contributed by atoms with E-state index >= 15 is 0 Å². The van der Waals surface area contributed by atoms with Crippen LogP contribution in [0.2, 0.25) is 0 Å². The lowest BCUT2D eigenvalue weighted by atomic mass is 10.1. The number of benzene rings is 1. The Kier molecular flexibility index (Phi) is 5.12. The molecule has 24 heavy (non-hydrogen) atoms. The van der Waals surface area contributed by atoms with Gasteiger partial charge < -0.3 is 10.1 Å². The first kappa shape index (κ1) is 16.5. The van der Waals surface area contributed by atoms with E-state index in [0.717, 1.165) is 30.9 Å². The van der Waals surface area contributed by atoms with Crippen LogP contribution in [0, 0.1) is 11.8 Å². The minimum atomic E-state index is -1.29. The van der Waals surface area contributed by atoms with Gasteiger partial charge in [-0.2, -0.15) is 4.39 Å². The predicted octanol–water partition coefficient (Wildman–Crippen LogP) is 2.44. The third-order valence-corrected chi connectivity index (χ3v) is 3.85. The third-order valence-electron chi connectivity index (χ3n) is 3.85. The molecular formula is C17H17F2N3O2. The Morgan fingerprint density at radius 3 is 2.75 bits per heavy atom. The molecule has 3 rings (SSSR count). The second kappa shape index (κ2) is 7.46. The molecule has 1 fully saturated rings. The van der Waals surface area contributed by atoms with Gasteiger partial charge in [0.05, 0.1) is 18.8 Å². The van der Waals surface area contributed by atoms with Gasteiger partial charge in [-0.3, -0.25) is 9.69 Å². The SMILES string of the molecule is O=C(Nc1ccccc1CN1CCOCC1)c1ccnc(F)c1F. The van der Waals surface area contributed by atoms with E-state index in [1.807, 2.05) is 12.1 Å². The van der Waals surface area contributed by atoms with Crippen molar-refractivity contribution in [1.82, 2.24) is 9.88 Å². The van der Waals surface area contributed by atoms with E-state index in [1.165, 1.54) is 0 Å². The van der Waals surface area contributed by atoms with Crippen LogP contribution in [0.25, 0.3) is 0 Å². The maximum absolute atomic E-state index is 13.7. The number of carbonyl (C=O) groups is 1. The zero-order valence-electron chi connectivity index (χ0n) is 13.0. The fourth-order valence-corrected chi connectivity index (χ4v) is 2.56. The molecule has 1 aromatic heterocycles. The molecule has 1 aliphatic heterocycles. The van der Waals surface area contributed by atoms with E-state index in [1.54, 1.807) is 12.1 Å². The van der Waals surface area contributed by atoms with Crippen molar-refractivity contribution in [3.05, 3.63) is 59.4 Å². The molecule has 126 valence electrons. The molecular weight excluding hydrogens is 316 g/mol. The van der Waals surface area contributed by atoms with Gasteiger partial charge in [-0.15, -0.1) is 0 Å². The summed E-state index contributed by atoms with van der Waals surface area (Å²) in [6.45, 7) is 3.62. The van der Waals surface area contributed by atoms with Gasteiger partial charge in [0, 0.05) is 31.5 Å². The molecule has 1 N–H and O–H groups in total. The van der Waals surface area contributed by atoms with Gasteiger partial charge in [0.25, 0.3) is 5.91 Å². The number of halogens is 2. The first-order chi connectivity index (χ1) is 11.6. The average molecular weight is 333 g/mol. The molecule has 7 heteroatoms. The first-order valence-corrected chi connectivity index (χ1v) is 7.64. The number of morpholine rings is 1. The summed E-state index contributed by atoms with van der Waals surface area (Å²) in [5.74, 6) is -3.24. The van der Waals surface area contributed by atoms with Crippen LogP contribution in [0.5, 0.6) is 0 Å². The molecule has 0 saturated carbocycles. The van der Waals surface area contributed by atoms with Crippen LogP contribution in [0.15, 0.2) is 36.5 Å². The molecule has 2 heterocycles. The van der Waals surface area contributed by atoms with Crippen molar-refractivity contribution in [2.24, 2.45) is 0 Å². The van der Waals surface area contributed by atoms with E-state index in [-0.39, 0.29) is 5.56 Å². The topological polar surface area (TPSA) is 54.5 Å². The minimum absolute atomic E-state index is 0.372. The van der Waals surface area contributed by atoms with Crippen molar-refractivity contribution in [2.45, 2.75) is 6.54 Å². The van der Waals surface area contributed by atoms with Gasteiger partial charge in [-0.1, -0.05) is 18.2 Å². The summed E-state index contributed by atoms with van der Waals surface area (Å²) < 4.78 is 32.2. The molecule has 0 radical (unpaired) electrons. The predicted molar refractivity (Wildman–Crippen MR) is 84.6 cm³/mol. The summed E-state index contributed by atoms with van der Waals surface area (Å²) in [7, 11) is 0. The Morgan fingerprint density at radius 2 is 1.96 bits per heavy atom. The van der Waals surface area contributed by atoms with Crippen LogP contribution < -0.4 is 5.32 Å². The molecule has 1 aliphatic rings. The van der Waals surface area contributed by atoms with Crippen LogP contribution in [0.1, 0.15) is 15.9 Å². The second-order valence-corrected chi connectivity index (χ2v) is 5.46. The van der Waals surface area contributed by atoms with Gasteiger partial charge in [-0.25, -0.2) is 9.37 Å². The third kappa shape index (κ3) is 3.74. The number of amides is 1. The van der Waals surface area contributed by atoms with Crippen LogP contribution in [0.3, 0.4) is 0 Å². The number of ether oxygens (including phenoxy) is 1. The number of aromatic nitrogens is 1. The lowest BCUT2D eigenvalue weighted by molar-refractivity contribution is 0.0342. The smallest absolute Gasteiger partial charge is 0.258 e. The van der Waals surface area contributed by atoms with Crippen LogP contribution in [-0.2, 0) is 11.3 Å². The fraction of sp³-hybridized carbons (Fsp3) is 0.294. The zero-order valence-corrected chi connectivity index (χ0v) is 13.0. The minimum Gasteiger partial charge on any atom is -0.379 e. The van der Waals surface area contributed by atoms with Crippen molar-refractivity contribution < 1.29 is 18.3 Å². The highest BCUT2D eigenvalue weighted by Crippen LogP contribution is 2.20. The maximum atomic E-state index is 13.7. The molecule has 0 aliphatic carbocycles.